The van der Waals surface area contributed by atoms with Gasteiger partial charge in [0.1, 0.15) is 6.33 Å². The minimum Gasteiger partial charge on any atom is -0.368 e. The summed E-state index contributed by atoms with van der Waals surface area (Å²) in [6, 6.07) is 0.512. The number of hydrogen-bond donors (Lipinski definition) is 1. The third-order valence-electron chi connectivity index (χ3n) is 3.73. The van der Waals surface area contributed by atoms with Crippen LogP contribution in [0.1, 0.15) is 32.6 Å². The second-order valence-electron chi connectivity index (χ2n) is 4.99. The molecule has 7 heteroatoms. The number of nitrogens with two attached hydrogens (primary N) is 1. The van der Waals surface area contributed by atoms with Crippen LogP contribution in [0.5, 0.6) is 0 Å². The van der Waals surface area contributed by atoms with Crippen molar-refractivity contribution in [2.24, 2.45) is 0 Å². The highest BCUT2D eigenvalue weighted by molar-refractivity contribution is 5.39. The van der Waals surface area contributed by atoms with Crippen LogP contribution in [0.15, 0.2) is 18.7 Å². The van der Waals surface area contributed by atoms with Gasteiger partial charge in [-0.25, -0.2) is 4.98 Å². The molecule has 1 aliphatic carbocycles. The zero-order valence-corrected chi connectivity index (χ0v) is 11.6. The Labute approximate surface area is 117 Å². The molecule has 2 heterocycles. The average Bonchev–Trinajstić information content (AvgIpc) is 3.12. The molecule has 0 aliphatic heterocycles. The topological polar surface area (TPSA) is 85.8 Å². The molecule has 3 rings (SSSR count). The molecule has 7 nitrogen and oxygen atoms in total. The van der Waals surface area contributed by atoms with Crippen LogP contribution in [0.3, 0.4) is 0 Å². The number of hydrogen-bond acceptors (Lipinski definition) is 6. The number of nitrogen functional groups attached to an aromatic ring is 1. The standard InChI is InChI=1S/C13H19N7/c1-2-20(10-5-3-4-6-10)13-17-11(14)16-12(18-13)19-8-7-15-9-19/h7-10H,2-6H2,1H3,(H2,14,16,17,18). The smallest absolute Gasteiger partial charge is 0.241 e. The van der Waals surface area contributed by atoms with Gasteiger partial charge in [0.2, 0.25) is 17.8 Å². The Morgan fingerprint density at radius 1 is 1.30 bits per heavy atom. The van der Waals surface area contributed by atoms with E-state index in [4.69, 9.17) is 5.73 Å². The molecule has 0 radical (unpaired) electrons. The summed E-state index contributed by atoms with van der Waals surface area (Å²) in [6.45, 7) is 2.99. The largest absolute Gasteiger partial charge is 0.368 e. The number of imidazole rings is 1. The van der Waals surface area contributed by atoms with E-state index in [0.717, 1.165) is 6.54 Å². The van der Waals surface area contributed by atoms with Gasteiger partial charge in [-0.3, -0.25) is 4.57 Å². The van der Waals surface area contributed by atoms with Crippen LogP contribution in [-0.2, 0) is 0 Å². The van der Waals surface area contributed by atoms with Crippen LogP contribution < -0.4 is 10.6 Å². The van der Waals surface area contributed by atoms with Crippen molar-refractivity contribution in [1.29, 1.82) is 0 Å². The van der Waals surface area contributed by atoms with E-state index in [0.29, 0.717) is 17.9 Å². The van der Waals surface area contributed by atoms with Gasteiger partial charge in [0, 0.05) is 25.0 Å². The highest BCUT2D eigenvalue weighted by atomic mass is 15.3. The van der Waals surface area contributed by atoms with Crippen LogP contribution in [0.4, 0.5) is 11.9 Å². The lowest BCUT2D eigenvalue weighted by Crippen LogP contribution is -2.35. The predicted octanol–water partition coefficient (Wildman–Crippen LogP) is 1.41. The third-order valence-corrected chi connectivity index (χ3v) is 3.73. The van der Waals surface area contributed by atoms with Gasteiger partial charge in [-0.2, -0.15) is 15.0 Å². The number of anilines is 2. The first-order chi connectivity index (χ1) is 9.78. The number of nitrogens with zero attached hydrogens (tertiary/aromatic N) is 6. The molecule has 2 aromatic heterocycles. The molecule has 20 heavy (non-hydrogen) atoms. The van der Waals surface area contributed by atoms with Crippen molar-refractivity contribution < 1.29 is 0 Å². The minimum absolute atomic E-state index is 0.246. The zero-order valence-electron chi connectivity index (χ0n) is 11.6. The summed E-state index contributed by atoms with van der Waals surface area (Å²) in [4.78, 5) is 19.3. The van der Waals surface area contributed by atoms with Gasteiger partial charge in [-0.1, -0.05) is 12.8 Å². The number of rotatable bonds is 4. The van der Waals surface area contributed by atoms with E-state index >= 15 is 0 Å². The second-order valence-corrected chi connectivity index (χ2v) is 4.99. The van der Waals surface area contributed by atoms with Crippen molar-refractivity contribution in [3.8, 4) is 5.95 Å². The van der Waals surface area contributed by atoms with Crippen molar-refractivity contribution in [2.75, 3.05) is 17.2 Å². The fourth-order valence-corrected chi connectivity index (χ4v) is 2.77. The van der Waals surface area contributed by atoms with E-state index in [-0.39, 0.29) is 5.95 Å². The Morgan fingerprint density at radius 2 is 2.10 bits per heavy atom. The molecule has 1 saturated carbocycles. The Morgan fingerprint density at radius 3 is 2.75 bits per heavy atom. The lowest BCUT2D eigenvalue weighted by molar-refractivity contribution is 0.603. The Balaban J connectivity index is 1.95. The molecule has 106 valence electrons. The van der Waals surface area contributed by atoms with Crippen molar-refractivity contribution in [1.82, 2.24) is 24.5 Å². The van der Waals surface area contributed by atoms with Crippen molar-refractivity contribution in [2.45, 2.75) is 38.6 Å². The van der Waals surface area contributed by atoms with E-state index in [2.05, 4.69) is 31.8 Å². The molecule has 0 saturated heterocycles. The van der Waals surface area contributed by atoms with Crippen molar-refractivity contribution in [3.05, 3.63) is 18.7 Å². The predicted molar refractivity (Wildman–Crippen MR) is 76.6 cm³/mol. The van der Waals surface area contributed by atoms with E-state index in [1.54, 1.807) is 23.3 Å². The molecule has 0 aromatic carbocycles. The molecule has 0 unspecified atom stereocenters. The maximum Gasteiger partial charge on any atom is 0.241 e. The Hall–Kier alpha value is -2.18. The summed E-state index contributed by atoms with van der Waals surface area (Å²) in [5, 5.41) is 0. The Bertz CT molecular complexity index is 560. The number of aromatic nitrogens is 5. The lowest BCUT2D eigenvalue weighted by atomic mass is 10.2. The Kier molecular flexibility index (Phi) is 3.49. The van der Waals surface area contributed by atoms with E-state index in [1.807, 2.05) is 0 Å². The van der Waals surface area contributed by atoms with Crippen molar-refractivity contribution >= 4 is 11.9 Å². The van der Waals surface area contributed by atoms with Crippen LogP contribution in [0.2, 0.25) is 0 Å². The maximum atomic E-state index is 5.83. The summed E-state index contributed by atoms with van der Waals surface area (Å²) in [6.07, 6.45) is 10.1. The van der Waals surface area contributed by atoms with Gasteiger partial charge in [0.05, 0.1) is 0 Å². The van der Waals surface area contributed by atoms with Crippen molar-refractivity contribution in [3.63, 3.8) is 0 Å². The van der Waals surface area contributed by atoms with Crippen LogP contribution in [-0.4, -0.2) is 37.1 Å². The highest BCUT2D eigenvalue weighted by Gasteiger charge is 2.24. The average molecular weight is 273 g/mol. The van der Waals surface area contributed by atoms with Crippen LogP contribution >= 0.6 is 0 Å². The summed E-state index contributed by atoms with van der Waals surface area (Å²) >= 11 is 0. The molecule has 2 aromatic rings. The van der Waals surface area contributed by atoms with Gasteiger partial charge in [-0.15, -0.1) is 0 Å². The van der Waals surface area contributed by atoms with Gasteiger partial charge in [0.15, 0.2) is 0 Å². The van der Waals surface area contributed by atoms with Gasteiger partial charge in [-0.05, 0) is 19.8 Å². The van der Waals surface area contributed by atoms with E-state index in [1.165, 1.54) is 25.7 Å². The van der Waals surface area contributed by atoms with Gasteiger partial charge < -0.3 is 10.6 Å². The fourth-order valence-electron chi connectivity index (χ4n) is 2.77. The van der Waals surface area contributed by atoms with Crippen LogP contribution in [0, 0.1) is 0 Å². The molecule has 2 N–H and O–H groups in total. The van der Waals surface area contributed by atoms with E-state index < -0.39 is 0 Å². The van der Waals surface area contributed by atoms with E-state index in [9.17, 15) is 0 Å². The molecule has 0 atom stereocenters. The fraction of sp³-hybridized carbons (Fsp3) is 0.538. The first kappa shape index (κ1) is 12.8. The third kappa shape index (κ3) is 2.43. The summed E-state index contributed by atoms with van der Waals surface area (Å²) in [5.41, 5.74) is 5.83. The molecule has 0 bridgehead atoms. The quantitative estimate of drug-likeness (QED) is 0.906. The van der Waals surface area contributed by atoms with Crippen LogP contribution in [0.25, 0.3) is 5.95 Å². The summed E-state index contributed by atoms with van der Waals surface area (Å²) in [7, 11) is 0. The SMILES string of the molecule is CCN(c1nc(N)nc(-n2ccnc2)n1)C1CCCC1. The highest BCUT2D eigenvalue weighted by Crippen LogP contribution is 2.26. The maximum absolute atomic E-state index is 5.83. The lowest BCUT2D eigenvalue weighted by Gasteiger charge is -2.27. The summed E-state index contributed by atoms with van der Waals surface area (Å²) < 4.78 is 1.74. The first-order valence-electron chi connectivity index (χ1n) is 7.04. The monoisotopic (exact) mass is 273 g/mol. The molecular formula is C13H19N7. The minimum atomic E-state index is 0.246. The molecule has 1 fully saturated rings. The van der Waals surface area contributed by atoms with Gasteiger partial charge in [0.25, 0.3) is 0 Å². The second kappa shape index (κ2) is 5.44. The first-order valence-corrected chi connectivity index (χ1v) is 7.04. The van der Waals surface area contributed by atoms with Gasteiger partial charge >= 0.3 is 0 Å². The summed E-state index contributed by atoms with van der Waals surface area (Å²) in [5.74, 6) is 1.42. The normalized spacial score (nSPS) is 15.7. The zero-order chi connectivity index (χ0) is 13.9. The molecule has 0 amide bonds. The molecule has 1 aliphatic rings. The molecule has 0 spiro atoms. The molecular weight excluding hydrogens is 254 g/mol.